The van der Waals surface area contributed by atoms with Gasteiger partial charge in [0.1, 0.15) is 11.6 Å². The Balaban J connectivity index is 1.29. The number of nitriles is 1. The first kappa shape index (κ1) is 22.4. The van der Waals surface area contributed by atoms with Gasteiger partial charge in [-0.3, -0.25) is 9.47 Å². The fourth-order valence-electron chi connectivity index (χ4n) is 5.34. The lowest BCUT2D eigenvalue weighted by molar-refractivity contribution is 0.223. The van der Waals surface area contributed by atoms with Gasteiger partial charge in [0.2, 0.25) is 0 Å². The van der Waals surface area contributed by atoms with E-state index in [-0.39, 0.29) is 17.2 Å². The zero-order valence-electron chi connectivity index (χ0n) is 19.1. The Hall–Kier alpha value is -3.09. The van der Waals surface area contributed by atoms with E-state index in [1.807, 2.05) is 23.1 Å². The van der Waals surface area contributed by atoms with Crippen LogP contribution in [0.5, 0.6) is 0 Å². The highest BCUT2D eigenvalue weighted by molar-refractivity contribution is 6.30. The molecule has 35 heavy (non-hydrogen) atoms. The van der Waals surface area contributed by atoms with Gasteiger partial charge in [0, 0.05) is 43.2 Å². The number of piperidine rings is 1. The van der Waals surface area contributed by atoms with Crippen molar-refractivity contribution >= 4 is 17.4 Å². The lowest BCUT2D eigenvalue weighted by atomic mass is 9.95. The van der Waals surface area contributed by atoms with Crippen LogP contribution in [0.4, 0.5) is 14.6 Å². The molecule has 1 saturated carbocycles. The van der Waals surface area contributed by atoms with Crippen LogP contribution in [0.1, 0.15) is 48.8 Å². The quantitative estimate of drug-likeness (QED) is 0.527. The summed E-state index contributed by atoms with van der Waals surface area (Å²) in [7, 11) is 0. The molecule has 0 spiro atoms. The van der Waals surface area contributed by atoms with Crippen molar-refractivity contribution in [2.75, 3.05) is 24.5 Å². The molecule has 1 aromatic carbocycles. The molecule has 0 unspecified atom stereocenters. The third kappa shape index (κ3) is 4.15. The van der Waals surface area contributed by atoms with Crippen molar-refractivity contribution in [1.29, 1.82) is 5.26 Å². The van der Waals surface area contributed by atoms with Crippen molar-refractivity contribution < 1.29 is 8.78 Å². The minimum Gasteiger partial charge on any atom is -0.354 e. The Morgan fingerprint density at radius 3 is 2.63 bits per heavy atom. The summed E-state index contributed by atoms with van der Waals surface area (Å²) in [6, 6.07) is 9.25. The first-order chi connectivity index (χ1) is 16.9. The predicted octanol–water partition coefficient (Wildman–Crippen LogP) is 4.60. The molecule has 0 amide bonds. The molecular formula is C25H24ClF2N7. The lowest BCUT2D eigenvalue weighted by Gasteiger charge is -2.32. The Bertz CT molecular complexity index is 1320. The molecule has 3 aliphatic rings. The molecule has 0 N–H and O–H groups in total. The average Bonchev–Trinajstić information content (AvgIpc) is 3.53. The second-order valence-electron chi connectivity index (χ2n) is 9.84. The van der Waals surface area contributed by atoms with E-state index >= 15 is 0 Å². The number of fused-ring (bicyclic) bond motifs is 3. The molecule has 0 radical (unpaired) electrons. The summed E-state index contributed by atoms with van der Waals surface area (Å²) in [6.07, 6.45) is 4.42. The molecule has 10 heteroatoms. The summed E-state index contributed by atoms with van der Waals surface area (Å²) >= 11 is 6.36. The van der Waals surface area contributed by atoms with Crippen molar-refractivity contribution in [3.8, 4) is 11.8 Å². The first-order valence-electron chi connectivity index (χ1n) is 11.9. The van der Waals surface area contributed by atoms with Crippen LogP contribution in [0.2, 0.25) is 5.02 Å². The number of benzene rings is 1. The predicted molar refractivity (Wildman–Crippen MR) is 126 cm³/mol. The number of halogens is 3. The van der Waals surface area contributed by atoms with Crippen LogP contribution in [-0.4, -0.2) is 44.3 Å². The number of hydrogen-bond acceptors (Lipinski definition) is 6. The number of aromatic nitrogens is 4. The van der Waals surface area contributed by atoms with Crippen LogP contribution in [0.15, 0.2) is 30.5 Å². The molecule has 7 nitrogen and oxygen atoms in total. The monoisotopic (exact) mass is 495 g/mol. The van der Waals surface area contributed by atoms with Gasteiger partial charge in [-0.25, -0.2) is 13.8 Å². The van der Waals surface area contributed by atoms with E-state index in [0.29, 0.717) is 37.7 Å². The molecule has 180 valence electrons. The molecule has 1 aliphatic carbocycles. The molecule has 2 aliphatic heterocycles. The van der Waals surface area contributed by atoms with Gasteiger partial charge in [-0.15, -0.1) is 10.2 Å². The second kappa shape index (κ2) is 8.54. The maximum absolute atomic E-state index is 14.3. The molecule has 0 bridgehead atoms. The topological polar surface area (TPSA) is 73.9 Å². The van der Waals surface area contributed by atoms with Gasteiger partial charge in [0.25, 0.3) is 0 Å². The van der Waals surface area contributed by atoms with Crippen molar-refractivity contribution in [2.45, 2.75) is 44.7 Å². The number of nitrogens with zero attached hydrogens (tertiary/aromatic N) is 7. The molecule has 4 heterocycles. The highest BCUT2D eigenvalue weighted by atomic mass is 35.5. The van der Waals surface area contributed by atoms with E-state index in [0.717, 1.165) is 60.8 Å². The number of hydrogen-bond donors (Lipinski definition) is 0. The molecule has 0 atom stereocenters. The van der Waals surface area contributed by atoms with E-state index in [1.54, 1.807) is 0 Å². The Kier molecular flexibility index (Phi) is 5.46. The van der Waals surface area contributed by atoms with Crippen LogP contribution in [-0.2, 0) is 13.1 Å². The van der Waals surface area contributed by atoms with Gasteiger partial charge >= 0.3 is 0 Å². The Morgan fingerprint density at radius 1 is 1.11 bits per heavy atom. The Labute approximate surface area is 207 Å². The van der Waals surface area contributed by atoms with Crippen LogP contribution >= 0.6 is 11.6 Å². The van der Waals surface area contributed by atoms with E-state index in [1.165, 1.54) is 0 Å². The van der Waals surface area contributed by atoms with Crippen molar-refractivity contribution in [3.63, 3.8) is 0 Å². The smallest absolute Gasteiger partial charge is 0.168 e. The van der Waals surface area contributed by atoms with Crippen molar-refractivity contribution in [2.24, 2.45) is 5.41 Å². The second-order valence-corrected chi connectivity index (χ2v) is 10.3. The summed E-state index contributed by atoms with van der Waals surface area (Å²) in [5.74, 6) is 0.744. The number of rotatable bonds is 4. The normalized spacial score (nSPS) is 19.5. The SMILES string of the molecule is N#CC1(CN2Cc3cc(Cl)ccc3-n3c(nnc3C3CCN(c4ncc(F)cc4F)CC3)C2)CC1. The fraction of sp³-hybridized carbons (Fsp3) is 0.440. The first-order valence-corrected chi connectivity index (χ1v) is 12.3. The standard InChI is InChI=1S/C25H24ClF2N7/c26-18-1-2-21-17(9-18)12-33(15-25(14-29)5-6-25)13-22-31-32-23(35(21)22)16-3-7-34(8-4-16)24-20(28)10-19(27)11-30-24/h1-2,9-11,16H,3-8,12-13,15H2. The summed E-state index contributed by atoms with van der Waals surface area (Å²) in [5, 5.41) is 19.5. The maximum atomic E-state index is 14.3. The third-order valence-electron chi connectivity index (χ3n) is 7.36. The zero-order chi connectivity index (χ0) is 24.2. The molecule has 2 aromatic heterocycles. The van der Waals surface area contributed by atoms with Gasteiger partial charge in [-0.2, -0.15) is 5.26 Å². The molecular weight excluding hydrogens is 472 g/mol. The highest BCUT2D eigenvalue weighted by Crippen LogP contribution is 2.46. The maximum Gasteiger partial charge on any atom is 0.168 e. The van der Waals surface area contributed by atoms with E-state index in [2.05, 4.69) is 30.7 Å². The lowest BCUT2D eigenvalue weighted by Crippen LogP contribution is -2.35. The summed E-state index contributed by atoms with van der Waals surface area (Å²) in [5.41, 5.74) is 1.84. The summed E-state index contributed by atoms with van der Waals surface area (Å²) in [6.45, 7) is 3.17. The third-order valence-corrected chi connectivity index (χ3v) is 7.60. The molecule has 6 rings (SSSR count). The molecule has 3 aromatic rings. The minimum atomic E-state index is -0.678. The van der Waals surface area contributed by atoms with Gasteiger partial charge in [-0.05, 0) is 49.4 Å². The van der Waals surface area contributed by atoms with Crippen LogP contribution in [0.3, 0.4) is 0 Å². The van der Waals surface area contributed by atoms with Crippen molar-refractivity contribution in [1.82, 2.24) is 24.6 Å². The molecule has 2 fully saturated rings. The van der Waals surface area contributed by atoms with Crippen molar-refractivity contribution in [3.05, 3.63) is 64.3 Å². The summed E-state index contributed by atoms with van der Waals surface area (Å²) in [4.78, 5) is 8.09. The van der Waals surface area contributed by atoms with Crippen LogP contribution in [0, 0.1) is 28.4 Å². The van der Waals surface area contributed by atoms with E-state index in [9.17, 15) is 14.0 Å². The largest absolute Gasteiger partial charge is 0.354 e. The highest BCUT2D eigenvalue weighted by Gasteiger charge is 2.45. The fourth-order valence-corrected chi connectivity index (χ4v) is 5.54. The Morgan fingerprint density at radius 2 is 1.91 bits per heavy atom. The van der Waals surface area contributed by atoms with Gasteiger partial charge in [0.15, 0.2) is 17.5 Å². The number of anilines is 1. The van der Waals surface area contributed by atoms with Gasteiger partial charge < -0.3 is 4.90 Å². The van der Waals surface area contributed by atoms with Crippen LogP contribution < -0.4 is 4.90 Å². The average molecular weight is 496 g/mol. The van der Waals surface area contributed by atoms with Gasteiger partial charge in [-0.1, -0.05) is 11.6 Å². The number of pyridine rings is 1. The minimum absolute atomic E-state index is 0.139. The zero-order valence-corrected chi connectivity index (χ0v) is 19.8. The van der Waals surface area contributed by atoms with Crippen LogP contribution in [0.25, 0.3) is 5.69 Å². The van der Waals surface area contributed by atoms with Gasteiger partial charge in [0.05, 0.1) is 29.9 Å². The molecule has 1 saturated heterocycles. The van der Waals surface area contributed by atoms with E-state index in [4.69, 9.17) is 11.6 Å². The summed E-state index contributed by atoms with van der Waals surface area (Å²) < 4.78 is 29.7. The van der Waals surface area contributed by atoms with E-state index < -0.39 is 11.6 Å².